The fourth-order valence-electron chi connectivity index (χ4n) is 2.10. The fraction of sp³-hybridized carbons (Fsp3) is 0.667. The number of aryl methyl sites for hydroxylation is 2. The van der Waals surface area contributed by atoms with E-state index in [4.69, 9.17) is 0 Å². The van der Waals surface area contributed by atoms with E-state index in [0.717, 1.165) is 38.2 Å². The Bertz CT molecular complexity index is 393. The van der Waals surface area contributed by atoms with Gasteiger partial charge in [-0.25, -0.2) is 0 Å². The Hall–Kier alpha value is -1.36. The summed E-state index contributed by atoms with van der Waals surface area (Å²) in [6.07, 6.45) is 1.87. The predicted octanol–water partition coefficient (Wildman–Crippen LogP) is 0.557. The summed E-state index contributed by atoms with van der Waals surface area (Å²) in [5, 5.41) is 10.7. The van der Waals surface area contributed by atoms with Crippen LogP contribution in [0.1, 0.15) is 36.5 Å². The van der Waals surface area contributed by atoms with Crippen molar-refractivity contribution in [2.24, 2.45) is 0 Å². The third-order valence-corrected chi connectivity index (χ3v) is 3.12. The third kappa shape index (κ3) is 2.66. The minimum atomic E-state index is -0.00671. The average Bonchev–Trinajstić information content (AvgIpc) is 2.96. The Labute approximate surface area is 102 Å². The van der Waals surface area contributed by atoms with Gasteiger partial charge < -0.3 is 10.6 Å². The first kappa shape index (κ1) is 12.1. The number of carbonyl (C=O) groups is 1. The first-order valence-electron chi connectivity index (χ1n) is 6.32. The molecule has 1 saturated heterocycles. The second-order valence-electron chi connectivity index (χ2n) is 4.35. The van der Waals surface area contributed by atoms with E-state index in [1.54, 1.807) is 4.68 Å². The largest absolute Gasteiger partial charge is 0.347 e. The van der Waals surface area contributed by atoms with Gasteiger partial charge in [-0.05, 0) is 32.4 Å². The van der Waals surface area contributed by atoms with E-state index in [1.165, 1.54) is 0 Å². The van der Waals surface area contributed by atoms with Gasteiger partial charge in [-0.1, -0.05) is 6.92 Å². The van der Waals surface area contributed by atoms with Crippen molar-refractivity contribution in [3.63, 3.8) is 0 Å². The molecule has 5 heteroatoms. The van der Waals surface area contributed by atoms with Crippen LogP contribution < -0.4 is 10.6 Å². The van der Waals surface area contributed by atoms with E-state index in [-0.39, 0.29) is 11.9 Å². The van der Waals surface area contributed by atoms with Gasteiger partial charge in [0.05, 0.1) is 5.69 Å². The summed E-state index contributed by atoms with van der Waals surface area (Å²) < 4.78 is 1.77. The van der Waals surface area contributed by atoms with Crippen molar-refractivity contribution in [1.82, 2.24) is 20.4 Å². The number of amides is 1. The van der Waals surface area contributed by atoms with Crippen LogP contribution in [0, 0.1) is 0 Å². The molecule has 2 rings (SSSR count). The topological polar surface area (TPSA) is 59.0 Å². The Morgan fingerprint density at radius 2 is 2.47 bits per heavy atom. The number of nitrogens with one attached hydrogen (secondary N) is 2. The van der Waals surface area contributed by atoms with E-state index in [9.17, 15) is 4.79 Å². The monoisotopic (exact) mass is 236 g/mol. The van der Waals surface area contributed by atoms with Crippen LogP contribution in [-0.2, 0) is 13.0 Å². The second kappa shape index (κ2) is 5.31. The number of hydrogen-bond donors (Lipinski definition) is 2. The molecular weight excluding hydrogens is 216 g/mol. The van der Waals surface area contributed by atoms with Crippen molar-refractivity contribution < 1.29 is 4.79 Å². The van der Waals surface area contributed by atoms with Crippen LogP contribution in [0.25, 0.3) is 0 Å². The first-order chi connectivity index (χ1) is 8.24. The summed E-state index contributed by atoms with van der Waals surface area (Å²) >= 11 is 0. The van der Waals surface area contributed by atoms with Crippen LogP contribution in [0.4, 0.5) is 0 Å². The minimum absolute atomic E-state index is 0.00671. The molecule has 0 unspecified atom stereocenters. The molecule has 5 nitrogen and oxygen atoms in total. The molecule has 1 aromatic rings. The average molecular weight is 236 g/mol. The number of aromatic nitrogens is 2. The number of carbonyl (C=O) groups excluding carboxylic acids is 1. The van der Waals surface area contributed by atoms with Crippen LogP contribution >= 0.6 is 0 Å². The smallest absolute Gasteiger partial charge is 0.269 e. The quantitative estimate of drug-likeness (QED) is 0.803. The number of rotatable bonds is 4. The van der Waals surface area contributed by atoms with Gasteiger partial charge in [0.1, 0.15) is 5.69 Å². The summed E-state index contributed by atoms with van der Waals surface area (Å²) in [5.74, 6) is -0.00671. The van der Waals surface area contributed by atoms with E-state index < -0.39 is 0 Å². The molecule has 2 heterocycles. The highest BCUT2D eigenvalue weighted by Crippen LogP contribution is 2.07. The number of hydrogen-bond acceptors (Lipinski definition) is 3. The number of nitrogens with zero attached hydrogens (tertiary/aromatic N) is 2. The first-order valence-corrected chi connectivity index (χ1v) is 6.32. The molecule has 1 aliphatic rings. The second-order valence-corrected chi connectivity index (χ2v) is 4.35. The molecule has 0 aromatic carbocycles. The normalized spacial score (nSPS) is 19.5. The lowest BCUT2D eigenvalue weighted by atomic mass is 10.2. The highest BCUT2D eigenvalue weighted by atomic mass is 16.2. The van der Waals surface area contributed by atoms with E-state index in [1.807, 2.05) is 19.9 Å². The van der Waals surface area contributed by atoms with Crippen LogP contribution in [0.15, 0.2) is 6.07 Å². The molecule has 1 aliphatic heterocycles. The Morgan fingerprint density at radius 3 is 3.06 bits per heavy atom. The van der Waals surface area contributed by atoms with Gasteiger partial charge in [0.15, 0.2) is 0 Å². The standard InChI is InChI=1S/C12H20N4O/c1-3-9-7-11(16(4-2)15-9)12(17)14-10-5-6-13-8-10/h7,10,13H,3-6,8H2,1-2H3,(H,14,17)/t10-/m0/s1. The van der Waals surface area contributed by atoms with E-state index in [0.29, 0.717) is 5.69 Å². The van der Waals surface area contributed by atoms with Gasteiger partial charge in [0, 0.05) is 19.1 Å². The lowest BCUT2D eigenvalue weighted by Crippen LogP contribution is -2.37. The molecule has 17 heavy (non-hydrogen) atoms. The Balaban J connectivity index is 2.08. The zero-order chi connectivity index (χ0) is 12.3. The zero-order valence-corrected chi connectivity index (χ0v) is 10.5. The van der Waals surface area contributed by atoms with E-state index in [2.05, 4.69) is 15.7 Å². The lowest BCUT2D eigenvalue weighted by molar-refractivity contribution is 0.0929. The summed E-state index contributed by atoms with van der Waals surface area (Å²) in [4.78, 5) is 12.1. The van der Waals surface area contributed by atoms with Crippen molar-refractivity contribution in [2.45, 2.75) is 39.3 Å². The fourth-order valence-corrected chi connectivity index (χ4v) is 2.10. The summed E-state index contributed by atoms with van der Waals surface area (Å²) in [6.45, 7) is 6.63. The van der Waals surface area contributed by atoms with Crippen LogP contribution in [0.3, 0.4) is 0 Å². The molecule has 0 saturated carbocycles. The molecule has 1 aromatic heterocycles. The SMILES string of the molecule is CCc1cc(C(=O)N[C@H]2CCNC2)n(CC)n1. The molecule has 1 fully saturated rings. The van der Waals surface area contributed by atoms with Gasteiger partial charge in [-0.15, -0.1) is 0 Å². The van der Waals surface area contributed by atoms with Crippen LogP contribution in [0.5, 0.6) is 0 Å². The highest BCUT2D eigenvalue weighted by molar-refractivity contribution is 5.92. The molecule has 1 amide bonds. The summed E-state index contributed by atoms with van der Waals surface area (Å²) in [7, 11) is 0. The molecule has 1 atom stereocenters. The van der Waals surface area contributed by atoms with Gasteiger partial charge >= 0.3 is 0 Å². The highest BCUT2D eigenvalue weighted by Gasteiger charge is 2.20. The molecule has 2 N–H and O–H groups in total. The lowest BCUT2D eigenvalue weighted by Gasteiger charge is -2.11. The molecule has 0 radical (unpaired) electrons. The maximum atomic E-state index is 12.1. The predicted molar refractivity (Wildman–Crippen MR) is 66.0 cm³/mol. The van der Waals surface area contributed by atoms with Gasteiger partial charge in [0.25, 0.3) is 5.91 Å². The zero-order valence-electron chi connectivity index (χ0n) is 10.5. The summed E-state index contributed by atoms with van der Waals surface area (Å²) in [5.41, 5.74) is 1.65. The molecule has 0 aliphatic carbocycles. The van der Waals surface area contributed by atoms with Gasteiger partial charge in [0.2, 0.25) is 0 Å². The van der Waals surface area contributed by atoms with Crippen molar-refractivity contribution in [2.75, 3.05) is 13.1 Å². The van der Waals surface area contributed by atoms with Crippen molar-refractivity contribution in [1.29, 1.82) is 0 Å². The van der Waals surface area contributed by atoms with Crippen LogP contribution in [-0.4, -0.2) is 34.8 Å². The molecule has 0 spiro atoms. The Kier molecular flexibility index (Phi) is 3.78. The maximum absolute atomic E-state index is 12.1. The molecular formula is C12H20N4O. The Morgan fingerprint density at radius 1 is 1.65 bits per heavy atom. The molecule has 0 bridgehead atoms. The van der Waals surface area contributed by atoms with Crippen LogP contribution in [0.2, 0.25) is 0 Å². The summed E-state index contributed by atoms with van der Waals surface area (Å²) in [6, 6.07) is 2.15. The van der Waals surface area contributed by atoms with Crippen molar-refractivity contribution >= 4 is 5.91 Å². The van der Waals surface area contributed by atoms with Crippen molar-refractivity contribution in [3.8, 4) is 0 Å². The molecule has 94 valence electrons. The van der Waals surface area contributed by atoms with E-state index >= 15 is 0 Å². The maximum Gasteiger partial charge on any atom is 0.269 e. The third-order valence-electron chi connectivity index (χ3n) is 3.12. The minimum Gasteiger partial charge on any atom is -0.347 e. The van der Waals surface area contributed by atoms with Crippen molar-refractivity contribution in [3.05, 3.63) is 17.5 Å². The van der Waals surface area contributed by atoms with Gasteiger partial charge in [-0.2, -0.15) is 5.10 Å². The van der Waals surface area contributed by atoms with Gasteiger partial charge in [-0.3, -0.25) is 9.48 Å².